The average Bonchev–Trinajstić information content (AvgIpc) is 3.17. The van der Waals surface area contributed by atoms with Gasteiger partial charge in [-0.25, -0.2) is 4.98 Å². The number of aromatic amines is 1. The highest BCUT2D eigenvalue weighted by atomic mass is 16.5. The van der Waals surface area contributed by atoms with Crippen LogP contribution in [0.15, 0.2) is 4.79 Å². The Morgan fingerprint density at radius 3 is 2.80 bits per heavy atom. The highest BCUT2D eigenvalue weighted by molar-refractivity contribution is 5.31. The number of aromatic nitrogens is 2. The van der Waals surface area contributed by atoms with Crippen molar-refractivity contribution in [1.82, 2.24) is 20.2 Å². The largest absolute Gasteiger partial charge is 0.468 e. The van der Waals surface area contributed by atoms with Crippen molar-refractivity contribution in [3.05, 3.63) is 21.6 Å². The zero-order chi connectivity index (χ0) is 14.3. The second-order valence-corrected chi connectivity index (χ2v) is 6.22. The normalized spacial score (nSPS) is 23.5. The summed E-state index contributed by atoms with van der Waals surface area (Å²) in [7, 11) is 5.70. The molecule has 1 fully saturated rings. The Morgan fingerprint density at radius 1 is 1.45 bits per heavy atom. The maximum absolute atomic E-state index is 12.4. The molecule has 2 aliphatic rings. The summed E-state index contributed by atoms with van der Waals surface area (Å²) in [6, 6.07) is 0.300. The molecule has 1 unspecified atom stereocenters. The third-order valence-electron chi connectivity index (χ3n) is 4.46. The predicted octanol–water partition coefficient (Wildman–Crippen LogP) is 0.307. The van der Waals surface area contributed by atoms with Gasteiger partial charge in [-0.2, -0.15) is 0 Å². The SMILES string of the molecule is COc1nc2c(c(=O)[nH]1)C(C1(CN(C)C)CC1)CNC2. The smallest absolute Gasteiger partial charge is 0.296 e. The third-order valence-corrected chi connectivity index (χ3v) is 4.46. The highest BCUT2D eigenvalue weighted by Gasteiger charge is 2.52. The van der Waals surface area contributed by atoms with Crippen LogP contribution in [-0.4, -0.2) is 49.2 Å². The molecular formula is C14H22N4O2. The van der Waals surface area contributed by atoms with E-state index in [4.69, 9.17) is 4.74 Å². The fourth-order valence-electron chi connectivity index (χ4n) is 3.46. The molecule has 1 aromatic rings. The number of nitrogens with one attached hydrogen (secondary N) is 2. The second-order valence-electron chi connectivity index (χ2n) is 6.22. The van der Waals surface area contributed by atoms with Crippen molar-refractivity contribution >= 4 is 0 Å². The van der Waals surface area contributed by atoms with Crippen LogP contribution in [0.1, 0.15) is 30.0 Å². The summed E-state index contributed by atoms with van der Waals surface area (Å²) >= 11 is 0. The van der Waals surface area contributed by atoms with Crippen LogP contribution in [-0.2, 0) is 6.54 Å². The second kappa shape index (κ2) is 4.86. The number of fused-ring (bicyclic) bond motifs is 1. The van der Waals surface area contributed by atoms with Gasteiger partial charge in [-0.15, -0.1) is 0 Å². The molecule has 110 valence electrons. The Kier molecular flexibility index (Phi) is 3.30. The number of hydrogen-bond donors (Lipinski definition) is 2. The van der Waals surface area contributed by atoms with E-state index in [-0.39, 0.29) is 16.9 Å². The molecule has 0 spiro atoms. The van der Waals surface area contributed by atoms with E-state index >= 15 is 0 Å². The molecular weight excluding hydrogens is 256 g/mol. The van der Waals surface area contributed by atoms with Gasteiger partial charge in [-0.1, -0.05) is 0 Å². The fraction of sp³-hybridized carbons (Fsp3) is 0.714. The molecule has 0 bridgehead atoms. The van der Waals surface area contributed by atoms with Crippen LogP contribution in [0.3, 0.4) is 0 Å². The lowest BCUT2D eigenvalue weighted by molar-refractivity contribution is 0.254. The minimum atomic E-state index is -0.0385. The first kappa shape index (κ1) is 13.6. The van der Waals surface area contributed by atoms with Crippen LogP contribution in [0.2, 0.25) is 0 Å². The predicted molar refractivity (Wildman–Crippen MR) is 76.1 cm³/mol. The average molecular weight is 278 g/mol. The number of H-pyrrole nitrogens is 1. The van der Waals surface area contributed by atoms with E-state index in [1.807, 2.05) is 0 Å². The molecule has 1 atom stereocenters. The van der Waals surface area contributed by atoms with Gasteiger partial charge in [0.15, 0.2) is 0 Å². The minimum absolute atomic E-state index is 0.0385. The maximum Gasteiger partial charge on any atom is 0.296 e. The summed E-state index contributed by atoms with van der Waals surface area (Å²) < 4.78 is 5.06. The van der Waals surface area contributed by atoms with Gasteiger partial charge < -0.3 is 15.0 Å². The van der Waals surface area contributed by atoms with E-state index in [0.717, 1.165) is 24.3 Å². The van der Waals surface area contributed by atoms with Gasteiger partial charge in [-0.3, -0.25) is 9.78 Å². The quantitative estimate of drug-likeness (QED) is 0.829. The molecule has 6 heteroatoms. The van der Waals surface area contributed by atoms with Crippen LogP contribution < -0.4 is 15.6 Å². The van der Waals surface area contributed by atoms with Crippen molar-refractivity contribution < 1.29 is 4.74 Å². The molecule has 1 aliphatic heterocycles. The van der Waals surface area contributed by atoms with Crippen molar-refractivity contribution in [2.24, 2.45) is 5.41 Å². The highest BCUT2D eigenvalue weighted by Crippen LogP contribution is 2.56. The lowest BCUT2D eigenvalue weighted by atomic mass is 9.80. The Bertz CT molecular complexity index is 563. The maximum atomic E-state index is 12.4. The molecule has 2 N–H and O–H groups in total. The minimum Gasteiger partial charge on any atom is -0.468 e. The molecule has 0 aromatic carbocycles. The summed E-state index contributed by atoms with van der Waals surface area (Å²) in [6.07, 6.45) is 2.37. The van der Waals surface area contributed by atoms with Crippen LogP contribution in [0, 0.1) is 5.41 Å². The zero-order valence-electron chi connectivity index (χ0n) is 12.3. The van der Waals surface area contributed by atoms with E-state index < -0.39 is 0 Å². The molecule has 2 heterocycles. The van der Waals surface area contributed by atoms with Gasteiger partial charge in [0.2, 0.25) is 0 Å². The molecule has 0 saturated heterocycles. The monoisotopic (exact) mass is 278 g/mol. The van der Waals surface area contributed by atoms with E-state index in [0.29, 0.717) is 12.6 Å². The van der Waals surface area contributed by atoms with Gasteiger partial charge in [0.1, 0.15) is 0 Å². The molecule has 0 radical (unpaired) electrons. The van der Waals surface area contributed by atoms with E-state index in [1.54, 1.807) is 0 Å². The van der Waals surface area contributed by atoms with Crippen molar-refractivity contribution in [3.63, 3.8) is 0 Å². The number of ether oxygens (including phenoxy) is 1. The Balaban J connectivity index is 2.00. The summed E-state index contributed by atoms with van der Waals surface area (Å²) in [5.41, 5.74) is 1.90. The fourth-order valence-corrected chi connectivity index (χ4v) is 3.46. The van der Waals surface area contributed by atoms with Crippen LogP contribution in [0.25, 0.3) is 0 Å². The van der Waals surface area contributed by atoms with Gasteiger partial charge in [0.25, 0.3) is 11.6 Å². The topological polar surface area (TPSA) is 70.2 Å². The van der Waals surface area contributed by atoms with Crippen molar-refractivity contribution in [3.8, 4) is 6.01 Å². The summed E-state index contributed by atoms with van der Waals surface area (Å²) in [5.74, 6) is 0.246. The van der Waals surface area contributed by atoms with Crippen molar-refractivity contribution in [2.45, 2.75) is 25.3 Å². The van der Waals surface area contributed by atoms with Crippen LogP contribution in [0.5, 0.6) is 6.01 Å². The molecule has 1 saturated carbocycles. The van der Waals surface area contributed by atoms with Gasteiger partial charge in [0, 0.05) is 31.1 Å². The van der Waals surface area contributed by atoms with Gasteiger partial charge >= 0.3 is 0 Å². The first-order valence-electron chi connectivity index (χ1n) is 7.08. The Labute approximate surface area is 118 Å². The van der Waals surface area contributed by atoms with Gasteiger partial charge in [0.05, 0.1) is 12.8 Å². The van der Waals surface area contributed by atoms with Crippen molar-refractivity contribution in [2.75, 3.05) is 34.3 Å². The number of rotatable bonds is 4. The molecule has 1 aromatic heterocycles. The van der Waals surface area contributed by atoms with Crippen LogP contribution >= 0.6 is 0 Å². The Morgan fingerprint density at radius 2 is 2.20 bits per heavy atom. The van der Waals surface area contributed by atoms with Crippen molar-refractivity contribution in [1.29, 1.82) is 0 Å². The lowest BCUT2D eigenvalue weighted by Crippen LogP contribution is -2.41. The number of hydrogen-bond acceptors (Lipinski definition) is 5. The molecule has 20 heavy (non-hydrogen) atoms. The molecule has 0 amide bonds. The summed E-state index contributed by atoms with van der Waals surface area (Å²) in [4.78, 5) is 21.8. The van der Waals surface area contributed by atoms with E-state index in [1.165, 1.54) is 20.0 Å². The van der Waals surface area contributed by atoms with E-state index in [2.05, 4.69) is 34.3 Å². The van der Waals surface area contributed by atoms with Gasteiger partial charge in [-0.05, 0) is 32.4 Å². The molecule has 6 nitrogen and oxygen atoms in total. The summed E-state index contributed by atoms with van der Waals surface area (Å²) in [5, 5.41) is 3.40. The van der Waals surface area contributed by atoms with Crippen LogP contribution in [0.4, 0.5) is 0 Å². The lowest BCUT2D eigenvalue weighted by Gasteiger charge is -2.33. The summed E-state index contributed by atoms with van der Waals surface area (Å²) in [6.45, 7) is 2.52. The molecule has 1 aliphatic carbocycles. The first-order valence-corrected chi connectivity index (χ1v) is 7.08. The molecule has 3 rings (SSSR count). The van der Waals surface area contributed by atoms with E-state index in [9.17, 15) is 4.79 Å². The standard InChI is InChI=1S/C14H22N4O2/c1-18(2)8-14(4-5-14)9-6-15-7-10-11(9)12(19)17-13(16-10)20-3/h9,15H,4-8H2,1-3H3,(H,16,17,19). The Hall–Kier alpha value is -1.40. The zero-order valence-corrected chi connectivity index (χ0v) is 12.3. The third kappa shape index (κ3) is 2.23. The number of nitrogens with zero attached hydrogens (tertiary/aromatic N) is 2. The number of methoxy groups -OCH3 is 1. The first-order chi connectivity index (χ1) is 9.55.